The number of nitrogens with one attached hydrogen (secondary N) is 3. The number of sulfonamides is 1. The number of nitrogens with zero attached hydrogens (tertiary/aromatic N) is 2. The first-order valence-corrected chi connectivity index (χ1v) is 19.8. The Morgan fingerprint density at radius 2 is 1.94 bits per heavy atom. The van der Waals surface area contributed by atoms with Crippen LogP contribution in [0.3, 0.4) is 0 Å². The van der Waals surface area contributed by atoms with Crippen molar-refractivity contribution < 1.29 is 37.1 Å². The summed E-state index contributed by atoms with van der Waals surface area (Å²) in [6.45, 7) is 7.58. The number of rotatable bonds is 9. The minimum Gasteiger partial charge on any atom is -0.472 e. The number of amides is 4. The Bertz CT molecular complexity index is 2000. The summed E-state index contributed by atoms with van der Waals surface area (Å²) >= 11 is 0. The van der Waals surface area contributed by atoms with Crippen molar-refractivity contribution in [1.29, 1.82) is 0 Å². The van der Waals surface area contributed by atoms with E-state index in [1.54, 1.807) is 31.3 Å². The Hall–Kier alpha value is -4.98. The Balaban J connectivity index is 1.31. The number of aromatic nitrogens is 1. The second-order valence-electron chi connectivity index (χ2n) is 14.1. The number of benzene rings is 2. The highest BCUT2D eigenvalue weighted by molar-refractivity contribution is 7.90. The van der Waals surface area contributed by atoms with Gasteiger partial charge in [0, 0.05) is 23.9 Å². The number of ether oxygens (including phenoxy) is 2. The van der Waals surface area contributed by atoms with Crippen molar-refractivity contribution in [2.24, 2.45) is 5.92 Å². The quantitative estimate of drug-likeness (QED) is 0.267. The smallest absolute Gasteiger partial charge is 0.407 e. The molecule has 1 saturated carbocycles. The minimum atomic E-state index is -4.27. The highest BCUT2D eigenvalue weighted by Gasteiger charge is 2.61. The predicted molar refractivity (Wildman–Crippen MR) is 197 cm³/mol. The van der Waals surface area contributed by atoms with Gasteiger partial charge in [-0.2, -0.15) is 0 Å². The Morgan fingerprint density at radius 1 is 1.13 bits per heavy atom. The predicted octanol–water partition coefficient (Wildman–Crippen LogP) is 4.47. The van der Waals surface area contributed by atoms with Gasteiger partial charge in [-0.1, -0.05) is 56.2 Å². The standard InChI is InChI=1S/C39H47N5O8S/c1-4-6-14-31-36(46)44-24-29(52-35-30-21-26(16-17-27(30)18-19-40-35)13-8-7-11-20-51-38(48)41-31)22-32(44)34(45)42-39(23-28(39)5-2)37(47)43-53(49,50)33-15-10-9-12-25(33)3/h5,9-10,12,15-19,21,28-29,31-32H,2,4,6-8,11,13-14,20,22-24H2,1,3H3,(H,41,48)(H,42,45)(H,43,47)/t28?,29-,31+,32+,39-/m1/s1. The third kappa shape index (κ3) is 8.32. The van der Waals surface area contributed by atoms with Crippen LogP contribution in [0.15, 0.2) is 72.3 Å². The molecule has 4 bridgehead atoms. The summed E-state index contributed by atoms with van der Waals surface area (Å²) in [4.78, 5) is 61.2. The number of alkyl carbamates (subject to hydrolysis) is 1. The van der Waals surface area contributed by atoms with Crippen LogP contribution in [0.4, 0.5) is 4.79 Å². The Kier molecular flexibility index (Phi) is 11.4. The maximum absolute atomic E-state index is 14.3. The number of aryl methyl sites for hydroxylation is 2. The lowest BCUT2D eigenvalue weighted by Gasteiger charge is -2.29. The summed E-state index contributed by atoms with van der Waals surface area (Å²) in [5.74, 6) is -2.23. The number of unbranched alkanes of at least 4 members (excludes halogenated alkanes) is 1. The van der Waals surface area contributed by atoms with Crippen LogP contribution in [0.2, 0.25) is 0 Å². The fourth-order valence-electron chi connectivity index (χ4n) is 7.26. The molecule has 6 rings (SSSR count). The Labute approximate surface area is 309 Å². The molecule has 1 aliphatic carbocycles. The van der Waals surface area contributed by atoms with Gasteiger partial charge in [-0.25, -0.2) is 22.9 Å². The van der Waals surface area contributed by atoms with Gasteiger partial charge in [-0.15, -0.1) is 6.58 Å². The summed E-state index contributed by atoms with van der Waals surface area (Å²) in [6.07, 6.45) is 6.85. The van der Waals surface area contributed by atoms with Crippen molar-refractivity contribution >= 4 is 44.6 Å². The topological polar surface area (TPSA) is 173 Å². The second-order valence-corrected chi connectivity index (χ2v) is 15.8. The molecule has 0 radical (unpaired) electrons. The van der Waals surface area contributed by atoms with Crippen LogP contribution in [0.25, 0.3) is 10.8 Å². The third-order valence-electron chi connectivity index (χ3n) is 10.4. The van der Waals surface area contributed by atoms with E-state index in [0.717, 1.165) is 42.0 Å². The molecule has 14 heteroatoms. The van der Waals surface area contributed by atoms with Crippen molar-refractivity contribution in [3.63, 3.8) is 0 Å². The number of hydrogen-bond donors (Lipinski definition) is 3. The first-order valence-electron chi connectivity index (χ1n) is 18.3. The lowest BCUT2D eigenvalue weighted by molar-refractivity contribution is -0.141. The van der Waals surface area contributed by atoms with Gasteiger partial charge in [0.05, 0.1) is 18.0 Å². The fourth-order valence-corrected chi connectivity index (χ4v) is 8.54. The molecule has 3 N–H and O–H groups in total. The molecule has 1 unspecified atom stereocenters. The van der Waals surface area contributed by atoms with Gasteiger partial charge >= 0.3 is 6.09 Å². The van der Waals surface area contributed by atoms with Crippen molar-refractivity contribution in [3.05, 3.63) is 78.5 Å². The van der Waals surface area contributed by atoms with Gasteiger partial charge in [-0.05, 0) is 80.2 Å². The molecule has 53 heavy (non-hydrogen) atoms. The first-order chi connectivity index (χ1) is 25.5. The summed E-state index contributed by atoms with van der Waals surface area (Å²) in [6, 6.07) is 12.2. The van der Waals surface area contributed by atoms with E-state index in [-0.39, 0.29) is 30.9 Å². The molecule has 2 aliphatic heterocycles. The summed E-state index contributed by atoms with van der Waals surface area (Å²) in [5, 5.41) is 7.28. The number of pyridine rings is 1. The average Bonchev–Trinajstić information content (AvgIpc) is 3.70. The maximum atomic E-state index is 14.3. The van der Waals surface area contributed by atoms with Gasteiger partial charge in [0.2, 0.25) is 17.7 Å². The monoisotopic (exact) mass is 745 g/mol. The molecule has 1 aromatic heterocycles. The summed E-state index contributed by atoms with van der Waals surface area (Å²) in [7, 11) is -4.27. The largest absolute Gasteiger partial charge is 0.472 e. The lowest BCUT2D eigenvalue weighted by atomic mass is 10.0. The molecule has 3 aromatic rings. The van der Waals surface area contributed by atoms with E-state index in [2.05, 4.69) is 33.0 Å². The van der Waals surface area contributed by atoms with Crippen LogP contribution in [0, 0.1) is 12.8 Å². The van der Waals surface area contributed by atoms with Gasteiger partial charge < -0.3 is 25.0 Å². The molecule has 0 spiro atoms. The van der Waals surface area contributed by atoms with Gasteiger partial charge in [0.15, 0.2) is 0 Å². The number of hydrogen-bond acceptors (Lipinski definition) is 9. The van der Waals surface area contributed by atoms with Crippen molar-refractivity contribution in [2.45, 2.75) is 100 Å². The molecule has 2 aromatic carbocycles. The molecule has 5 atom stereocenters. The average molecular weight is 746 g/mol. The van der Waals surface area contributed by atoms with E-state index in [1.165, 1.54) is 17.0 Å². The maximum Gasteiger partial charge on any atom is 0.407 e. The second kappa shape index (κ2) is 15.9. The molecular formula is C39H47N5O8S. The number of carbonyl (C=O) groups is 4. The zero-order valence-electron chi connectivity index (χ0n) is 30.1. The number of carbonyl (C=O) groups excluding carboxylic acids is 4. The van der Waals surface area contributed by atoms with Crippen molar-refractivity contribution in [3.8, 4) is 5.88 Å². The van der Waals surface area contributed by atoms with E-state index in [1.807, 2.05) is 25.1 Å². The molecule has 2 fully saturated rings. The number of fused-ring (bicyclic) bond motifs is 3. The fraction of sp³-hybridized carbons (Fsp3) is 0.462. The van der Waals surface area contributed by atoms with Gasteiger partial charge in [-0.3, -0.25) is 14.4 Å². The van der Waals surface area contributed by atoms with E-state index < -0.39 is 63.5 Å². The van der Waals surface area contributed by atoms with Gasteiger partial charge in [0.1, 0.15) is 23.7 Å². The zero-order chi connectivity index (χ0) is 37.8. The zero-order valence-corrected chi connectivity index (χ0v) is 31.0. The van der Waals surface area contributed by atoms with Crippen LogP contribution in [0.1, 0.15) is 69.4 Å². The van der Waals surface area contributed by atoms with E-state index in [4.69, 9.17) is 9.47 Å². The molecule has 13 nitrogen and oxygen atoms in total. The highest BCUT2D eigenvalue weighted by atomic mass is 32.2. The molecule has 282 valence electrons. The van der Waals surface area contributed by atoms with Crippen LogP contribution in [-0.2, 0) is 35.6 Å². The highest BCUT2D eigenvalue weighted by Crippen LogP contribution is 2.45. The summed E-state index contributed by atoms with van der Waals surface area (Å²) in [5.41, 5.74) is -0.0531. The normalized spacial score (nSPS) is 25.0. The van der Waals surface area contributed by atoms with Crippen LogP contribution in [-0.4, -0.2) is 79.0 Å². The van der Waals surface area contributed by atoms with E-state index >= 15 is 0 Å². The van der Waals surface area contributed by atoms with Crippen molar-refractivity contribution in [1.82, 2.24) is 25.2 Å². The molecular weight excluding hydrogens is 699 g/mol. The Morgan fingerprint density at radius 3 is 2.70 bits per heavy atom. The molecule has 1 saturated heterocycles. The lowest BCUT2D eigenvalue weighted by Crippen LogP contribution is -2.58. The van der Waals surface area contributed by atoms with E-state index in [9.17, 15) is 27.6 Å². The number of cyclic esters (lactones) is 1. The SMILES string of the molecule is C=CC1C[C@]1(NC(=O)[C@@H]1C[C@@H]2CN1C(=O)[C@H](CCCC)NC(=O)OCCCCCc1ccc3ccnc(c3c1)O2)C(=O)NS(=O)(=O)c1ccccc1C. The van der Waals surface area contributed by atoms with Crippen LogP contribution in [0.5, 0.6) is 5.88 Å². The van der Waals surface area contributed by atoms with Crippen LogP contribution < -0.4 is 20.1 Å². The molecule has 4 amide bonds. The van der Waals surface area contributed by atoms with Crippen LogP contribution >= 0.6 is 0 Å². The summed E-state index contributed by atoms with van der Waals surface area (Å²) < 4.78 is 40.7. The van der Waals surface area contributed by atoms with Gasteiger partial charge in [0.25, 0.3) is 15.9 Å². The van der Waals surface area contributed by atoms with E-state index in [0.29, 0.717) is 30.7 Å². The van der Waals surface area contributed by atoms with Crippen molar-refractivity contribution in [2.75, 3.05) is 13.2 Å². The molecule has 3 aliphatic rings. The molecule has 3 heterocycles. The minimum absolute atomic E-state index is 0.000221. The third-order valence-corrected chi connectivity index (χ3v) is 11.9. The first kappa shape index (κ1) is 37.8.